The van der Waals surface area contributed by atoms with Gasteiger partial charge in [-0.15, -0.1) is 5.10 Å². The summed E-state index contributed by atoms with van der Waals surface area (Å²) in [5.74, 6) is 1.36. The van der Waals surface area contributed by atoms with Gasteiger partial charge in [-0.1, -0.05) is 11.8 Å². The van der Waals surface area contributed by atoms with E-state index in [0.29, 0.717) is 5.92 Å². The number of rotatable bonds is 5. The highest BCUT2D eigenvalue weighted by Gasteiger charge is 2.27. The van der Waals surface area contributed by atoms with E-state index in [1.54, 1.807) is 18.9 Å². The molecule has 3 rings (SSSR count). The van der Waals surface area contributed by atoms with E-state index in [1.165, 1.54) is 0 Å². The average molecular weight is 416 g/mol. The van der Waals surface area contributed by atoms with Crippen molar-refractivity contribution in [2.24, 2.45) is 5.92 Å². The molecule has 2 heterocycles. The van der Waals surface area contributed by atoms with Crippen LogP contribution in [-0.4, -0.2) is 47.0 Å². The van der Waals surface area contributed by atoms with Gasteiger partial charge in [0, 0.05) is 18.0 Å². The molecule has 1 fully saturated rings. The standard InChI is InChI=1S/C22H29N3O3S/c1-22(2,3)28-21(26)25-13-11-16(12-14-25)15-17-5-10-20(24-23-17)29-19-8-6-18(27-4)7-9-19/h5-10,16H,11-15H2,1-4H3. The number of piperidine rings is 1. The molecule has 6 nitrogen and oxygen atoms in total. The Morgan fingerprint density at radius 2 is 1.79 bits per heavy atom. The topological polar surface area (TPSA) is 64.5 Å². The Hall–Kier alpha value is -2.28. The minimum absolute atomic E-state index is 0.212. The fourth-order valence-electron chi connectivity index (χ4n) is 3.22. The molecular weight excluding hydrogens is 386 g/mol. The lowest BCUT2D eigenvalue weighted by molar-refractivity contribution is 0.0184. The minimum atomic E-state index is -0.449. The SMILES string of the molecule is COc1ccc(Sc2ccc(CC3CCN(C(=O)OC(C)(C)C)CC3)nn2)cc1. The lowest BCUT2D eigenvalue weighted by atomic mass is 9.92. The highest BCUT2D eigenvalue weighted by atomic mass is 32.2. The van der Waals surface area contributed by atoms with Gasteiger partial charge in [0.1, 0.15) is 16.4 Å². The molecule has 0 aliphatic carbocycles. The third kappa shape index (κ3) is 6.63. The molecule has 0 atom stereocenters. The van der Waals surface area contributed by atoms with Crippen molar-refractivity contribution in [2.75, 3.05) is 20.2 Å². The van der Waals surface area contributed by atoms with Crippen molar-refractivity contribution in [3.05, 3.63) is 42.1 Å². The van der Waals surface area contributed by atoms with Crippen LogP contribution >= 0.6 is 11.8 Å². The number of hydrogen-bond acceptors (Lipinski definition) is 6. The number of nitrogens with zero attached hydrogens (tertiary/aromatic N) is 3. The number of aromatic nitrogens is 2. The van der Waals surface area contributed by atoms with Crippen LogP contribution in [-0.2, 0) is 11.2 Å². The van der Waals surface area contributed by atoms with Crippen LogP contribution in [0.3, 0.4) is 0 Å². The van der Waals surface area contributed by atoms with Gasteiger partial charge in [0.05, 0.1) is 12.8 Å². The van der Waals surface area contributed by atoms with Crippen molar-refractivity contribution < 1.29 is 14.3 Å². The zero-order valence-corrected chi connectivity index (χ0v) is 18.4. The van der Waals surface area contributed by atoms with Gasteiger partial charge in [-0.3, -0.25) is 0 Å². The highest BCUT2D eigenvalue weighted by Crippen LogP contribution is 2.28. The fourth-order valence-corrected chi connectivity index (χ4v) is 3.95. The summed E-state index contributed by atoms with van der Waals surface area (Å²) in [6.07, 6.45) is 2.60. The van der Waals surface area contributed by atoms with Crippen LogP contribution < -0.4 is 4.74 Å². The third-order valence-corrected chi connectivity index (χ3v) is 5.68. The second-order valence-corrected chi connectivity index (χ2v) is 9.35. The van der Waals surface area contributed by atoms with E-state index in [2.05, 4.69) is 16.3 Å². The summed E-state index contributed by atoms with van der Waals surface area (Å²) < 4.78 is 10.6. The molecule has 1 aliphatic rings. The summed E-state index contributed by atoms with van der Waals surface area (Å²) in [4.78, 5) is 15.1. The van der Waals surface area contributed by atoms with Crippen molar-refractivity contribution in [1.82, 2.24) is 15.1 Å². The zero-order chi connectivity index (χ0) is 20.9. The summed E-state index contributed by atoms with van der Waals surface area (Å²) in [6, 6.07) is 12.0. The van der Waals surface area contributed by atoms with Crippen molar-refractivity contribution >= 4 is 17.9 Å². The Kier molecular flexibility index (Phi) is 7.00. The second-order valence-electron chi connectivity index (χ2n) is 8.26. The largest absolute Gasteiger partial charge is 0.497 e. The van der Waals surface area contributed by atoms with Gasteiger partial charge in [0.15, 0.2) is 0 Å². The van der Waals surface area contributed by atoms with Crippen LogP contribution in [0.2, 0.25) is 0 Å². The molecule has 0 N–H and O–H groups in total. The Bertz CT molecular complexity index is 796. The molecule has 0 unspecified atom stereocenters. The first kappa shape index (κ1) is 21.4. The Morgan fingerprint density at radius 1 is 1.10 bits per heavy atom. The normalized spacial score (nSPS) is 15.2. The van der Waals surface area contributed by atoms with E-state index in [1.807, 2.05) is 56.0 Å². The number of carbonyl (C=O) groups is 1. The molecule has 1 aromatic heterocycles. The van der Waals surface area contributed by atoms with Gasteiger partial charge in [0.25, 0.3) is 0 Å². The molecule has 7 heteroatoms. The molecule has 156 valence electrons. The van der Waals surface area contributed by atoms with Crippen LogP contribution in [0.4, 0.5) is 4.79 Å². The number of likely N-dealkylation sites (tertiary alicyclic amines) is 1. The van der Waals surface area contributed by atoms with Gasteiger partial charge in [-0.05, 0) is 82.3 Å². The predicted molar refractivity (Wildman–Crippen MR) is 113 cm³/mol. The molecule has 0 saturated carbocycles. The molecule has 1 amide bonds. The summed E-state index contributed by atoms with van der Waals surface area (Å²) in [7, 11) is 1.66. The monoisotopic (exact) mass is 415 g/mol. The Balaban J connectivity index is 1.47. The lowest BCUT2D eigenvalue weighted by Crippen LogP contribution is -2.42. The number of carbonyl (C=O) groups excluding carboxylic acids is 1. The number of methoxy groups -OCH3 is 1. The maximum atomic E-state index is 12.2. The molecule has 1 aromatic carbocycles. The van der Waals surface area contributed by atoms with Crippen LogP contribution in [0.15, 0.2) is 46.3 Å². The quantitative estimate of drug-likeness (QED) is 0.697. The highest BCUT2D eigenvalue weighted by molar-refractivity contribution is 7.99. The van der Waals surface area contributed by atoms with Crippen molar-refractivity contribution in [2.45, 2.75) is 55.6 Å². The van der Waals surface area contributed by atoms with Crippen molar-refractivity contribution in [1.29, 1.82) is 0 Å². The summed E-state index contributed by atoms with van der Waals surface area (Å²) >= 11 is 1.58. The Labute approximate surface area is 177 Å². The van der Waals surface area contributed by atoms with E-state index in [-0.39, 0.29) is 6.09 Å². The van der Waals surface area contributed by atoms with Crippen LogP contribution in [0.5, 0.6) is 5.75 Å². The Morgan fingerprint density at radius 3 is 2.34 bits per heavy atom. The summed E-state index contributed by atoms with van der Waals surface area (Å²) in [5, 5.41) is 9.64. The predicted octanol–water partition coefficient (Wildman–Crippen LogP) is 4.83. The molecular formula is C22H29N3O3S. The van der Waals surface area contributed by atoms with E-state index in [0.717, 1.165) is 53.7 Å². The summed E-state index contributed by atoms with van der Waals surface area (Å²) in [6.45, 7) is 7.16. The van der Waals surface area contributed by atoms with Crippen LogP contribution in [0.1, 0.15) is 39.3 Å². The zero-order valence-electron chi connectivity index (χ0n) is 17.6. The summed E-state index contributed by atoms with van der Waals surface area (Å²) in [5.41, 5.74) is 0.551. The maximum Gasteiger partial charge on any atom is 0.410 e. The molecule has 0 spiro atoms. The molecule has 2 aromatic rings. The first-order valence-electron chi connectivity index (χ1n) is 9.95. The second kappa shape index (κ2) is 9.48. The first-order valence-corrected chi connectivity index (χ1v) is 10.8. The van der Waals surface area contributed by atoms with Crippen molar-refractivity contribution in [3.63, 3.8) is 0 Å². The third-order valence-electron chi connectivity index (χ3n) is 4.74. The molecule has 1 saturated heterocycles. The smallest absolute Gasteiger partial charge is 0.410 e. The average Bonchev–Trinajstić information content (AvgIpc) is 2.69. The number of hydrogen-bond donors (Lipinski definition) is 0. The molecule has 0 bridgehead atoms. The van der Waals surface area contributed by atoms with E-state index >= 15 is 0 Å². The molecule has 0 radical (unpaired) electrons. The van der Waals surface area contributed by atoms with Gasteiger partial charge in [0.2, 0.25) is 0 Å². The lowest BCUT2D eigenvalue weighted by Gasteiger charge is -2.33. The van der Waals surface area contributed by atoms with E-state index in [9.17, 15) is 4.79 Å². The minimum Gasteiger partial charge on any atom is -0.497 e. The van der Waals surface area contributed by atoms with Crippen LogP contribution in [0, 0.1) is 5.92 Å². The fraction of sp³-hybridized carbons (Fsp3) is 0.500. The van der Waals surface area contributed by atoms with E-state index < -0.39 is 5.60 Å². The van der Waals surface area contributed by atoms with Gasteiger partial charge < -0.3 is 14.4 Å². The van der Waals surface area contributed by atoms with Gasteiger partial charge >= 0.3 is 6.09 Å². The maximum absolute atomic E-state index is 12.2. The number of amides is 1. The number of ether oxygens (including phenoxy) is 2. The van der Waals surface area contributed by atoms with Gasteiger partial charge in [-0.2, -0.15) is 5.10 Å². The number of benzene rings is 1. The first-order chi connectivity index (χ1) is 13.8. The van der Waals surface area contributed by atoms with Crippen molar-refractivity contribution in [3.8, 4) is 5.75 Å². The van der Waals surface area contributed by atoms with Gasteiger partial charge in [-0.25, -0.2) is 4.79 Å². The molecule has 1 aliphatic heterocycles. The van der Waals surface area contributed by atoms with E-state index in [4.69, 9.17) is 9.47 Å². The van der Waals surface area contributed by atoms with Crippen LogP contribution in [0.25, 0.3) is 0 Å². The molecule has 29 heavy (non-hydrogen) atoms.